The number of halogens is 1. The van der Waals surface area contributed by atoms with Gasteiger partial charge in [-0.25, -0.2) is 0 Å². The van der Waals surface area contributed by atoms with Gasteiger partial charge in [-0.15, -0.1) is 0 Å². The molecule has 0 aromatic heterocycles. The van der Waals surface area contributed by atoms with E-state index in [0.717, 1.165) is 17.0 Å². The molecule has 0 radical (unpaired) electrons. The minimum absolute atomic E-state index is 0.0688. The number of hydrogen-bond donors (Lipinski definition) is 1. The summed E-state index contributed by atoms with van der Waals surface area (Å²) in [5.41, 5.74) is 1.71. The largest absolute Gasteiger partial charge is 0.507 e. The summed E-state index contributed by atoms with van der Waals surface area (Å²) in [6.07, 6.45) is 2.62. The molecule has 0 aliphatic carbocycles. The van der Waals surface area contributed by atoms with Crippen molar-refractivity contribution in [1.29, 1.82) is 0 Å². The molecule has 1 atom stereocenters. The van der Waals surface area contributed by atoms with Crippen molar-refractivity contribution in [2.75, 3.05) is 27.2 Å². The third-order valence-corrected chi connectivity index (χ3v) is 4.22. The van der Waals surface area contributed by atoms with E-state index in [1.54, 1.807) is 12.3 Å². The zero-order valence-electron chi connectivity index (χ0n) is 14.9. The van der Waals surface area contributed by atoms with Gasteiger partial charge in [-0.2, -0.15) is 0 Å². The van der Waals surface area contributed by atoms with Crippen molar-refractivity contribution in [3.63, 3.8) is 0 Å². The van der Waals surface area contributed by atoms with Crippen LogP contribution in [0.2, 0.25) is 5.02 Å². The van der Waals surface area contributed by atoms with Gasteiger partial charge in [-0.05, 0) is 44.3 Å². The van der Waals surface area contributed by atoms with Crippen molar-refractivity contribution in [1.82, 2.24) is 4.90 Å². The molecular formula is C20H25ClN2O2. The van der Waals surface area contributed by atoms with Gasteiger partial charge < -0.3 is 14.7 Å². The van der Waals surface area contributed by atoms with E-state index < -0.39 is 0 Å². The Kier molecular flexibility index (Phi) is 7.29. The maximum absolute atomic E-state index is 10.1. The Labute approximate surface area is 154 Å². The Bertz CT molecular complexity index is 717. The number of ether oxygens (including phenoxy) is 1. The summed E-state index contributed by atoms with van der Waals surface area (Å²) in [6, 6.07) is 13.1. The molecule has 0 bridgehead atoms. The van der Waals surface area contributed by atoms with Crippen LogP contribution in [-0.4, -0.2) is 43.5 Å². The fourth-order valence-electron chi connectivity index (χ4n) is 2.48. The summed E-state index contributed by atoms with van der Waals surface area (Å²) >= 11 is 6.31. The number of phenolic OH excluding ortho intramolecular Hbond substituents is 1. The average Bonchev–Trinajstić information content (AvgIpc) is 2.59. The summed E-state index contributed by atoms with van der Waals surface area (Å²) in [6.45, 7) is 3.22. The van der Waals surface area contributed by atoms with E-state index in [4.69, 9.17) is 16.3 Å². The molecule has 2 rings (SSSR count). The average molecular weight is 361 g/mol. The highest BCUT2D eigenvalue weighted by Gasteiger charge is 2.16. The summed E-state index contributed by atoms with van der Waals surface area (Å²) in [5.74, 6) is 0.829. The van der Waals surface area contributed by atoms with Gasteiger partial charge in [-0.1, -0.05) is 36.7 Å². The monoisotopic (exact) mass is 360 g/mol. The Morgan fingerprint density at radius 3 is 2.64 bits per heavy atom. The topological polar surface area (TPSA) is 45.1 Å². The number of nitrogens with zero attached hydrogens (tertiary/aromatic N) is 2. The van der Waals surface area contributed by atoms with Crippen molar-refractivity contribution in [2.45, 2.75) is 19.4 Å². The van der Waals surface area contributed by atoms with Crippen molar-refractivity contribution >= 4 is 17.8 Å². The van der Waals surface area contributed by atoms with Crippen LogP contribution < -0.4 is 4.74 Å². The molecule has 0 aliphatic rings. The van der Waals surface area contributed by atoms with Gasteiger partial charge in [-0.3, -0.25) is 4.99 Å². The first-order valence-electron chi connectivity index (χ1n) is 8.39. The van der Waals surface area contributed by atoms with Crippen LogP contribution in [0.4, 0.5) is 0 Å². The number of aliphatic imine (C=N–C) groups is 1. The number of rotatable bonds is 8. The Hall–Kier alpha value is -2.04. The summed E-state index contributed by atoms with van der Waals surface area (Å²) in [4.78, 5) is 6.59. The lowest BCUT2D eigenvalue weighted by atomic mass is 10.1. The van der Waals surface area contributed by atoms with Gasteiger partial charge in [0.05, 0.1) is 19.2 Å². The van der Waals surface area contributed by atoms with E-state index in [9.17, 15) is 5.11 Å². The summed E-state index contributed by atoms with van der Waals surface area (Å²) in [7, 11) is 4.00. The molecule has 0 spiro atoms. The smallest absolute Gasteiger partial charge is 0.128 e. The van der Waals surface area contributed by atoms with E-state index in [1.165, 1.54) is 0 Å². The van der Waals surface area contributed by atoms with E-state index >= 15 is 0 Å². The minimum Gasteiger partial charge on any atom is -0.507 e. The van der Waals surface area contributed by atoms with E-state index in [2.05, 4.69) is 9.89 Å². The lowest BCUT2D eigenvalue weighted by molar-refractivity contribution is 0.307. The Morgan fingerprint density at radius 2 is 2.00 bits per heavy atom. The number of hydrogen-bond acceptors (Lipinski definition) is 4. The number of aromatic hydroxyl groups is 1. The molecule has 0 heterocycles. The zero-order valence-corrected chi connectivity index (χ0v) is 15.7. The highest BCUT2D eigenvalue weighted by Crippen LogP contribution is 2.27. The molecular weight excluding hydrogens is 336 g/mol. The molecule has 0 saturated carbocycles. The van der Waals surface area contributed by atoms with Crippen molar-refractivity contribution in [3.8, 4) is 11.5 Å². The SMILES string of the molecule is CCCOc1ccc(C=NC[C@@H](c2ccccc2Cl)N(C)C)c(O)c1. The predicted octanol–water partition coefficient (Wildman–Crippen LogP) is 4.56. The maximum Gasteiger partial charge on any atom is 0.128 e. The first kappa shape index (κ1) is 19.3. The van der Waals surface area contributed by atoms with Gasteiger partial charge in [0.2, 0.25) is 0 Å². The lowest BCUT2D eigenvalue weighted by Crippen LogP contribution is -2.23. The lowest BCUT2D eigenvalue weighted by Gasteiger charge is -2.24. The molecule has 2 aromatic rings. The van der Waals surface area contributed by atoms with Crippen LogP contribution >= 0.6 is 11.6 Å². The van der Waals surface area contributed by atoms with Crippen molar-refractivity contribution in [2.24, 2.45) is 4.99 Å². The highest BCUT2D eigenvalue weighted by atomic mass is 35.5. The summed E-state index contributed by atoms with van der Waals surface area (Å²) < 4.78 is 5.51. The van der Waals surface area contributed by atoms with Gasteiger partial charge in [0.1, 0.15) is 11.5 Å². The standard InChI is InChI=1S/C20H25ClN2O2/c1-4-11-25-16-10-9-15(20(24)12-16)13-22-14-19(23(2)3)17-7-5-6-8-18(17)21/h5-10,12-13,19,24H,4,11,14H2,1-3H3/t19-/m0/s1. The van der Waals surface area contributed by atoms with E-state index in [1.807, 2.05) is 57.4 Å². The van der Waals surface area contributed by atoms with Crippen molar-refractivity contribution < 1.29 is 9.84 Å². The van der Waals surface area contributed by atoms with Gasteiger partial charge >= 0.3 is 0 Å². The third kappa shape index (κ3) is 5.48. The number of benzene rings is 2. The second kappa shape index (κ2) is 9.44. The third-order valence-electron chi connectivity index (χ3n) is 3.87. The quantitative estimate of drug-likeness (QED) is 0.702. The highest BCUT2D eigenvalue weighted by molar-refractivity contribution is 6.31. The summed E-state index contributed by atoms with van der Waals surface area (Å²) in [5, 5.41) is 10.9. The van der Waals surface area contributed by atoms with Gasteiger partial charge in [0.15, 0.2) is 0 Å². The Balaban J connectivity index is 2.09. The van der Waals surface area contributed by atoms with Crippen molar-refractivity contribution in [3.05, 3.63) is 58.6 Å². The maximum atomic E-state index is 10.1. The molecule has 0 fully saturated rings. The molecule has 0 aliphatic heterocycles. The zero-order chi connectivity index (χ0) is 18.2. The molecule has 0 unspecified atom stereocenters. The molecule has 134 valence electrons. The van der Waals surface area contributed by atoms with Crippen LogP contribution in [0.15, 0.2) is 47.5 Å². The van der Waals surface area contributed by atoms with E-state index in [-0.39, 0.29) is 11.8 Å². The van der Waals surface area contributed by atoms with Crippen LogP contribution in [0.25, 0.3) is 0 Å². The molecule has 5 heteroatoms. The number of likely N-dealkylation sites (N-methyl/N-ethyl adjacent to an activating group) is 1. The van der Waals surface area contributed by atoms with Gasteiger partial charge in [0, 0.05) is 22.9 Å². The molecule has 4 nitrogen and oxygen atoms in total. The minimum atomic E-state index is 0.0688. The van der Waals surface area contributed by atoms with E-state index in [0.29, 0.717) is 24.5 Å². The first-order valence-corrected chi connectivity index (χ1v) is 8.77. The second-order valence-corrected chi connectivity index (χ2v) is 6.47. The molecule has 0 saturated heterocycles. The molecule has 2 aromatic carbocycles. The molecule has 1 N–H and O–H groups in total. The molecule has 25 heavy (non-hydrogen) atoms. The normalized spacial score (nSPS) is 12.7. The van der Waals surface area contributed by atoms with Gasteiger partial charge in [0.25, 0.3) is 0 Å². The van der Waals surface area contributed by atoms with Crippen LogP contribution in [0.5, 0.6) is 11.5 Å². The predicted molar refractivity (Wildman–Crippen MR) is 104 cm³/mol. The second-order valence-electron chi connectivity index (χ2n) is 6.06. The van der Waals surface area contributed by atoms with Crippen LogP contribution in [0.1, 0.15) is 30.5 Å². The number of phenols is 1. The van der Waals surface area contributed by atoms with Crippen LogP contribution in [0, 0.1) is 0 Å². The first-order chi connectivity index (χ1) is 12.0. The van der Waals surface area contributed by atoms with Crippen LogP contribution in [0.3, 0.4) is 0 Å². The molecule has 0 amide bonds. The van der Waals surface area contributed by atoms with Crippen LogP contribution in [-0.2, 0) is 0 Å². The fourth-order valence-corrected chi connectivity index (χ4v) is 2.74. The Morgan fingerprint density at radius 1 is 1.24 bits per heavy atom. The fraction of sp³-hybridized carbons (Fsp3) is 0.350.